The topological polar surface area (TPSA) is 76.9 Å². The van der Waals surface area contributed by atoms with Gasteiger partial charge in [-0.05, 0) is 30.5 Å². The molecule has 0 radical (unpaired) electrons. The Morgan fingerprint density at radius 2 is 1.73 bits per heavy atom. The van der Waals surface area contributed by atoms with E-state index >= 15 is 0 Å². The number of carbonyl (C=O) groups is 1. The predicted octanol–water partition coefficient (Wildman–Crippen LogP) is 4.37. The molecule has 3 heterocycles. The minimum absolute atomic E-state index is 0.297. The fourth-order valence-electron chi connectivity index (χ4n) is 3.43. The lowest BCUT2D eigenvalue weighted by Gasteiger charge is -2.13. The number of hydrogen-bond acceptors (Lipinski definition) is 5. The number of para-hydroxylation sites is 1. The van der Waals surface area contributed by atoms with Crippen LogP contribution in [0.5, 0.6) is 0 Å². The van der Waals surface area contributed by atoms with Gasteiger partial charge in [0.15, 0.2) is 0 Å². The zero-order valence-corrected chi connectivity index (χ0v) is 16.8. The molecule has 0 aliphatic heterocycles. The molecule has 6 nitrogen and oxygen atoms in total. The highest BCUT2D eigenvalue weighted by atomic mass is 32.1. The first-order valence-electron chi connectivity index (χ1n) is 9.35. The second kappa shape index (κ2) is 7.20. The van der Waals surface area contributed by atoms with Crippen LogP contribution in [-0.2, 0) is 0 Å². The molecule has 2 aromatic carbocycles. The van der Waals surface area contributed by atoms with E-state index in [9.17, 15) is 9.59 Å². The van der Waals surface area contributed by atoms with Crippen LogP contribution in [0.3, 0.4) is 0 Å². The molecule has 30 heavy (non-hydrogen) atoms. The van der Waals surface area contributed by atoms with Crippen LogP contribution < -0.4 is 11.0 Å². The lowest BCUT2D eigenvalue weighted by molar-refractivity contribution is 0.101. The van der Waals surface area contributed by atoms with Crippen LogP contribution in [0, 0.1) is 6.92 Å². The highest BCUT2D eigenvalue weighted by molar-refractivity contribution is 7.16. The van der Waals surface area contributed by atoms with Gasteiger partial charge < -0.3 is 0 Å². The van der Waals surface area contributed by atoms with E-state index in [1.54, 1.807) is 19.1 Å². The molecular weight excluding hydrogens is 396 g/mol. The largest absolute Gasteiger partial charge is 0.281 e. The molecule has 0 saturated carbocycles. The van der Waals surface area contributed by atoms with Crippen LogP contribution in [0.25, 0.3) is 32.4 Å². The maximum absolute atomic E-state index is 13.3. The van der Waals surface area contributed by atoms with Gasteiger partial charge in [0.25, 0.3) is 11.5 Å². The van der Waals surface area contributed by atoms with E-state index in [1.807, 2.05) is 60.0 Å². The molecule has 1 amide bonds. The summed E-state index contributed by atoms with van der Waals surface area (Å²) in [6.07, 6.45) is 0. The molecule has 3 aromatic heterocycles. The Morgan fingerprint density at radius 1 is 0.967 bits per heavy atom. The SMILES string of the molecule is Cc1nc2sccc2c(=O)n1NC(=O)c1cc(-c2ccccc2)nc2ccccc12. The Bertz CT molecular complexity index is 1470. The fraction of sp³-hybridized carbons (Fsp3) is 0.0435. The molecule has 5 rings (SSSR count). The minimum atomic E-state index is -0.396. The molecule has 1 N–H and O–H groups in total. The highest BCUT2D eigenvalue weighted by Gasteiger charge is 2.17. The third-order valence-corrected chi connectivity index (χ3v) is 5.72. The van der Waals surface area contributed by atoms with E-state index in [-0.39, 0.29) is 5.56 Å². The summed E-state index contributed by atoms with van der Waals surface area (Å²) in [5, 5.41) is 3.01. The standard InChI is InChI=1S/C23H16N4O2S/c1-14-24-22-17(11-12-30-22)23(29)27(14)26-21(28)18-13-20(15-7-3-2-4-8-15)25-19-10-6-5-9-16(18)19/h2-13H,1H3,(H,26,28). The monoisotopic (exact) mass is 412 g/mol. The average Bonchev–Trinajstić information content (AvgIpc) is 3.25. The first-order valence-corrected chi connectivity index (χ1v) is 10.2. The van der Waals surface area contributed by atoms with Gasteiger partial charge in [-0.15, -0.1) is 11.3 Å². The van der Waals surface area contributed by atoms with Gasteiger partial charge in [-0.3, -0.25) is 15.0 Å². The van der Waals surface area contributed by atoms with Crippen LogP contribution in [0.2, 0.25) is 0 Å². The Hall–Kier alpha value is -3.84. The molecule has 0 bridgehead atoms. The number of nitrogens with zero attached hydrogens (tertiary/aromatic N) is 3. The van der Waals surface area contributed by atoms with Crippen molar-refractivity contribution in [2.24, 2.45) is 0 Å². The van der Waals surface area contributed by atoms with E-state index in [4.69, 9.17) is 4.98 Å². The summed E-state index contributed by atoms with van der Waals surface area (Å²) in [5.41, 5.74) is 5.18. The zero-order valence-electron chi connectivity index (χ0n) is 16.0. The van der Waals surface area contributed by atoms with Crippen molar-refractivity contribution in [1.82, 2.24) is 14.6 Å². The number of rotatable bonds is 3. The van der Waals surface area contributed by atoms with Crippen molar-refractivity contribution in [2.45, 2.75) is 6.92 Å². The molecule has 0 saturated heterocycles. The summed E-state index contributed by atoms with van der Waals surface area (Å²) in [6.45, 7) is 1.70. The van der Waals surface area contributed by atoms with Crippen LogP contribution in [0.1, 0.15) is 16.2 Å². The molecule has 0 unspecified atom stereocenters. The normalized spacial score (nSPS) is 11.1. The Kier molecular flexibility index (Phi) is 4.37. The molecule has 0 fully saturated rings. The van der Waals surface area contributed by atoms with Crippen molar-refractivity contribution in [1.29, 1.82) is 0 Å². The molecule has 0 spiro atoms. The third-order valence-electron chi connectivity index (χ3n) is 4.91. The number of carbonyl (C=O) groups excluding carboxylic acids is 1. The summed E-state index contributed by atoms with van der Waals surface area (Å²) < 4.78 is 1.20. The van der Waals surface area contributed by atoms with Gasteiger partial charge in [-0.25, -0.2) is 14.6 Å². The molecular formula is C23H16N4O2S. The first-order chi connectivity index (χ1) is 14.6. The number of thiophene rings is 1. The summed E-state index contributed by atoms with van der Waals surface area (Å²) >= 11 is 1.40. The Morgan fingerprint density at radius 3 is 2.57 bits per heavy atom. The van der Waals surface area contributed by atoms with E-state index in [2.05, 4.69) is 10.4 Å². The van der Waals surface area contributed by atoms with Gasteiger partial charge in [-0.1, -0.05) is 48.5 Å². The summed E-state index contributed by atoms with van der Waals surface area (Å²) in [4.78, 5) is 35.9. The van der Waals surface area contributed by atoms with E-state index < -0.39 is 5.91 Å². The second-order valence-corrected chi connectivity index (χ2v) is 7.71. The number of aromatic nitrogens is 3. The molecule has 7 heteroatoms. The van der Waals surface area contributed by atoms with E-state index in [0.717, 1.165) is 5.56 Å². The maximum Gasteiger partial charge on any atom is 0.281 e. The fourth-order valence-corrected chi connectivity index (χ4v) is 4.23. The molecule has 0 aliphatic carbocycles. The van der Waals surface area contributed by atoms with Crippen molar-refractivity contribution in [3.05, 3.63) is 93.9 Å². The predicted molar refractivity (Wildman–Crippen MR) is 119 cm³/mol. The van der Waals surface area contributed by atoms with Gasteiger partial charge in [0.2, 0.25) is 0 Å². The summed E-state index contributed by atoms with van der Waals surface area (Å²) in [7, 11) is 0. The molecule has 0 aliphatic rings. The summed E-state index contributed by atoms with van der Waals surface area (Å²) in [6, 6.07) is 20.6. The zero-order chi connectivity index (χ0) is 20.7. The lowest BCUT2D eigenvalue weighted by Crippen LogP contribution is -2.35. The van der Waals surface area contributed by atoms with Crippen molar-refractivity contribution < 1.29 is 4.79 Å². The summed E-state index contributed by atoms with van der Waals surface area (Å²) in [5.74, 6) is 0.0253. The molecule has 0 atom stereocenters. The Balaban J connectivity index is 1.64. The maximum atomic E-state index is 13.3. The van der Waals surface area contributed by atoms with Gasteiger partial charge in [0.1, 0.15) is 10.7 Å². The van der Waals surface area contributed by atoms with Crippen molar-refractivity contribution in [2.75, 3.05) is 5.43 Å². The average molecular weight is 412 g/mol. The number of aryl methyl sites for hydroxylation is 1. The smallest absolute Gasteiger partial charge is 0.267 e. The Labute approximate surface area is 175 Å². The highest BCUT2D eigenvalue weighted by Crippen LogP contribution is 2.25. The van der Waals surface area contributed by atoms with Gasteiger partial charge in [0, 0.05) is 10.9 Å². The number of amides is 1. The van der Waals surface area contributed by atoms with Gasteiger partial charge in [-0.2, -0.15) is 0 Å². The number of nitrogens with one attached hydrogen (secondary N) is 1. The number of hydrogen-bond donors (Lipinski definition) is 1. The van der Waals surface area contributed by atoms with Crippen LogP contribution in [0.4, 0.5) is 0 Å². The number of fused-ring (bicyclic) bond motifs is 2. The van der Waals surface area contributed by atoms with Gasteiger partial charge >= 0.3 is 0 Å². The van der Waals surface area contributed by atoms with Gasteiger partial charge in [0.05, 0.1) is 22.2 Å². The van der Waals surface area contributed by atoms with Crippen molar-refractivity contribution >= 4 is 38.4 Å². The van der Waals surface area contributed by atoms with Crippen LogP contribution in [-0.4, -0.2) is 20.6 Å². The minimum Gasteiger partial charge on any atom is -0.267 e. The number of pyridine rings is 1. The third kappa shape index (κ3) is 3.05. The van der Waals surface area contributed by atoms with E-state index in [1.165, 1.54) is 16.0 Å². The quantitative estimate of drug-likeness (QED) is 0.478. The van der Waals surface area contributed by atoms with Crippen LogP contribution in [0.15, 0.2) is 76.9 Å². The molecule has 5 aromatic rings. The second-order valence-electron chi connectivity index (χ2n) is 6.82. The lowest BCUT2D eigenvalue weighted by atomic mass is 10.0. The van der Waals surface area contributed by atoms with Crippen molar-refractivity contribution in [3.8, 4) is 11.3 Å². The van der Waals surface area contributed by atoms with Crippen molar-refractivity contribution in [3.63, 3.8) is 0 Å². The van der Waals surface area contributed by atoms with Crippen LogP contribution >= 0.6 is 11.3 Å². The number of benzene rings is 2. The first kappa shape index (κ1) is 18.2. The van der Waals surface area contributed by atoms with E-state index in [0.29, 0.717) is 38.2 Å². The molecule has 146 valence electrons.